The zero-order valence-electron chi connectivity index (χ0n) is 11.6. The van der Waals surface area contributed by atoms with Crippen LogP contribution < -0.4 is 0 Å². The van der Waals surface area contributed by atoms with Crippen molar-refractivity contribution >= 4 is 5.91 Å². The Morgan fingerprint density at radius 2 is 2.35 bits per heavy atom. The van der Waals surface area contributed by atoms with E-state index in [9.17, 15) is 9.90 Å². The van der Waals surface area contributed by atoms with Gasteiger partial charge in [0.1, 0.15) is 6.33 Å². The van der Waals surface area contributed by atoms with Crippen molar-refractivity contribution in [1.29, 1.82) is 0 Å². The number of aliphatic hydroxyl groups is 1. The first kappa shape index (κ1) is 13.5. The lowest BCUT2D eigenvalue weighted by Crippen LogP contribution is -2.62. The minimum atomic E-state index is -0.304. The lowest BCUT2D eigenvalue weighted by atomic mass is 9.58. The summed E-state index contributed by atoms with van der Waals surface area (Å²) in [6, 6.07) is 0. The van der Waals surface area contributed by atoms with E-state index in [0.717, 1.165) is 12.8 Å². The summed E-state index contributed by atoms with van der Waals surface area (Å²) in [7, 11) is 0. The van der Waals surface area contributed by atoms with E-state index in [-0.39, 0.29) is 29.4 Å². The standard InChI is InChI=1S/C13H20N4O3/c1-2-20-10-7-9(18)13(10)3-5-17(6-4-13)12(19)11-14-8-15-16-11/h8-10,18H,2-7H2,1H3,(H,14,15,16)/t9-,10+/m1/s1. The number of carbonyl (C=O) groups is 1. The highest BCUT2D eigenvalue weighted by molar-refractivity contribution is 5.90. The van der Waals surface area contributed by atoms with Crippen LogP contribution in [0.25, 0.3) is 0 Å². The Bertz CT molecular complexity index is 466. The van der Waals surface area contributed by atoms with Gasteiger partial charge in [0.15, 0.2) is 0 Å². The molecule has 2 atom stereocenters. The van der Waals surface area contributed by atoms with Crippen molar-refractivity contribution in [2.75, 3.05) is 19.7 Å². The molecule has 7 heteroatoms. The van der Waals surface area contributed by atoms with Gasteiger partial charge in [-0.25, -0.2) is 4.98 Å². The number of nitrogens with zero attached hydrogens (tertiary/aromatic N) is 3. The Labute approximate surface area is 117 Å². The fourth-order valence-corrected chi connectivity index (χ4v) is 3.40. The fourth-order valence-electron chi connectivity index (χ4n) is 3.40. The number of carbonyl (C=O) groups excluding carboxylic acids is 1. The molecule has 1 saturated carbocycles. The molecule has 1 amide bonds. The van der Waals surface area contributed by atoms with Gasteiger partial charge < -0.3 is 14.7 Å². The average Bonchev–Trinajstić information content (AvgIpc) is 3.01. The second-order valence-corrected chi connectivity index (χ2v) is 5.55. The Morgan fingerprint density at radius 1 is 1.60 bits per heavy atom. The topological polar surface area (TPSA) is 91.3 Å². The van der Waals surface area contributed by atoms with Gasteiger partial charge in [-0.15, -0.1) is 0 Å². The highest BCUT2D eigenvalue weighted by Crippen LogP contribution is 2.50. The molecule has 2 fully saturated rings. The van der Waals surface area contributed by atoms with E-state index in [0.29, 0.717) is 26.1 Å². The van der Waals surface area contributed by atoms with Crippen LogP contribution in [0, 0.1) is 5.41 Å². The van der Waals surface area contributed by atoms with Crippen LogP contribution >= 0.6 is 0 Å². The minimum absolute atomic E-state index is 0.126. The molecule has 1 aromatic heterocycles. The van der Waals surface area contributed by atoms with Gasteiger partial charge in [-0.05, 0) is 19.8 Å². The van der Waals surface area contributed by atoms with E-state index < -0.39 is 0 Å². The van der Waals surface area contributed by atoms with Crippen molar-refractivity contribution in [3.05, 3.63) is 12.2 Å². The Morgan fingerprint density at radius 3 is 2.90 bits per heavy atom. The van der Waals surface area contributed by atoms with E-state index in [1.165, 1.54) is 6.33 Å². The third kappa shape index (κ3) is 2.01. The maximum atomic E-state index is 12.2. The molecule has 2 heterocycles. The zero-order chi connectivity index (χ0) is 14.2. The Balaban J connectivity index is 1.63. The van der Waals surface area contributed by atoms with Gasteiger partial charge in [0.2, 0.25) is 5.82 Å². The van der Waals surface area contributed by atoms with Crippen molar-refractivity contribution in [2.24, 2.45) is 5.41 Å². The smallest absolute Gasteiger partial charge is 0.291 e. The summed E-state index contributed by atoms with van der Waals surface area (Å²) < 4.78 is 5.72. The molecule has 1 spiro atoms. The largest absolute Gasteiger partial charge is 0.392 e. The molecule has 110 valence electrons. The van der Waals surface area contributed by atoms with E-state index in [2.05, 4.69) is 15.2 Å². The Hall–Kier alpha value is -1.47. The molecule has 0 aromatic carbocycles. The van der Waals surface area contributed by atoms with E-state index in [4.69, 9.17) is 4.74 Å². The van der Waals surface area contributed by atoms with Crippen LogP contribution in [0.3, 0.4) is 0 Å². The van der Waals surface area contributed by atoms with Crippen molar-refractivity contribution in [3.8, 4) is 0 Å². The second kappa shape index (κ2) is 5.14. The molecule has 20 heavy (non-hydrogen) atoms. The number of aliphatic hydroxyl groups excluding tert-OH is 1. The first-order valence-corrected chi connectivity index (χ1v) is 7.11. The monoisotopic (exact) mass is 280 g/mol. The van der Waals surface area contributed by atoms with Gasteiger partial charge in [0.05, 0.1) is 12.2 Å². The number of aromatic nitrogens is 3. The van der Waals surface area contributed by atoms with Crippen LogP contribution in [0.15, 0.2) is 6.33 Å². The quantitative estimate of drug-likeness (QED) is 0.825. The summed E-state index contributed by atoms with van der Waals surface area (Å²) in [4.78, 5) is 17.8. The van der Waals surface area contributed by atoms with Crippen LogP contribution in [-0.4, -0.2) is 63.0 Å². The molecule has 2 aliphatic rings. The van der Waals surface area contributed by atoms with Gasteiger partial charge in [-0.2, -0.15) is 5.10 Å². The minimum Gasteiger partial charge on any atom is -0.392 e. The van der Waals surface area contributed by atoms with Crippen molar-refractivity contribution in [2.45, 2.75) is 38.4 Å². The van der Waals surface area contributed by atoms with Crippen molar-refractivity contribution in [3.63, 3.8) is 0 Å². The summed E-state index contributed by atoms with van der Waals surface area (Å²) >= 11 is 0. The first-order chi connectivity index (χ1) is 9.67. The number of hydrogen-bond donors (Lipinski definition) is 2. The maximum absolute atomic E-state index is 12.2. The van der Waals surface area contributed by atoms with Crippen LogP contribution in [0.4, 0.5) is 0 Å². The van der Waals surface area contributed by atoms with Crippen molar-refractivity contribution < 1.29 is 14.6 Å². The predicted molar refractivity (Wildman–Crippen MR) is 70.0 cm³/mol. The predicted octanol–water partition coefficient (Wildman–Crippen LogP) is 0.197. The molecule has 1 saturated heterocycles. The van der Waals surface area contributed by atoms with Crippen molar-refractivity contribution in [1.82, 2.24) is 20.1 Å². The Kier molecular flexibility index (Phi) is 3.47. The third-order valence-electron chi connectivity index (χ3n) is 4.71. The van der Waals surface area contributed by atoms with E-state index in [1.54, 1.807) is 4.90 Å². The molecular formula is C13H20N4O3. The molecule has 1 aromatic rings. The first-order valence-electron chi connectivity index (χ1n) is 7.11. The number of likely N-dealkylation sites (tertiary alicyclic amines) is 1. The highest BCUT2D eigenvalue weighted by Gasteiger charge is 2.56. The van der Waals surface area contributed by atoms with Gasteiger partial charge >= 0.3 is 0 Å². The lowest BCUT2D eigenvalue weighted by molar-refractivity contribution is -0.207. The van der Waals surface area contributed by atoms with Crippen LogP contribution in [0.2, 0.25) is 0 Å². The van der Waals surface area contributed by atoms with Crippen LogP contribution in [0.1, 0.15) is 36.8 Å². The van der Waals surface area contributed by atoms with Gasteiger partial charge in [0, 0.05) is 31.5 Å². The van der Waals surface area contributed by atoms with Gasteiger partial charge in [-0.1, -0.05) is 0 Å². The van der Waals surface area contributed by atoms with Gasteiger partial charge in [-0.3, -0.25) is 9.89 Å². The lowest BCUT2D eigenvalue weighted by Gasteiger charge is -2.56. The van der Waals surface area contributed by atoms with Crippen LogP contribution in [-0.2, 0) is 4.74 Å². The molecule has 7 nitrogen and oxygen atoms in total. The molecule has 3 rings (SSSR count). The number of amides is 1. The number of rotatable bonds is 3. The summed E-state index contributed by atoms with van der Waals surface area (Å²) in [6.45, 7) is 3.89. The zero-order valence-corrected chi connectivity index (χ0v) is 11.6. The number of piperidine rings is 1. The molecule has 0 bridgehead atoms. The molecule has 2 N–H and O–H groups in total. The summed E-state index contributed by atoms with van der Waals surface area (Å²) in [5.74, 6) is 0.149. The highest BCUT2D eigenvalue weighted by atomic mass is 16.5. The average molecular weight is 280 g/mol. The number of nitrogens with one attached hydrogen (secondary N) is 1. The van der Waals surface area contributed by atoms with E-state index in [1.807, 2.05) is 6.92 Å². The molecule has 1 aliphatic carbocycles. The van der Waals surface area contributed by atoms with Crippen LogP contribution in [0.5, 0.6) is 0 Å². The van der Waals surface area contributed by atoms with Gasteiger partial charge in [0.25, 0.3) is 5.91 Å². The third-order valence-corrected chi connectivity index (χ3v) is 4.71. The summed E-state index contributed by atoms with van der Waals surface area (Å²) in [6.07, 6.45) is 3.42. The number of aromatic amines is 1. The second-order valence-electron chi connectivity index (χ2n) is 5.55. The number of H-pyrrole nitrogens is 1. The molecule has 1 aliphatic heterocycles. The molecular weight excluding hydrogens is 260 g/mol. The number of hydrogen-bond acceptors (Lipinski definition) is 5. The summed E-state index contributed by atoms with van der Waals surface area (Å²) in [5, 5.41) is 16.4. The molecule has 0 radical (unpaired) electrons. The SMILES string of the molecule is CCO[C@H]1C[C@@H](O)C12CCN(C(=O)c1ncn[nH]1)CC2. The normalized spacial score (nSPS) is 28.4. The van der Waals surface area contributed by atoms with E-state index >= 15 is 0 Å². The summed E-state index contributed by atoms with van der Waals surface area (Å²) in [5.41, 5.74) is -0.159. The maximum Gasteiger partial charge on any atom is 0.291 e. The molecule has 0 unspecified atom stereocenters. The number of ether oxygens (including phenoxy) is 1. The fraction of sp³-hybridized carbons (Fsp3) is 0.769.